The Hall–Kier alpha value is -3.72. The molecule has 36 heavy (non-hydrogen) atoms. The van der Waals surface area contributed by atoms with E-state index in [4.69, 9.17) is 9.47 Å². The number of aromatic amines is 1. The summed E-state index contributed by atoms with van der Waals surface area (Å²) in [5.74, 6) is 2.31. The molecule has 0 bridgehead atoms. The van der Waals surface area contributed by atoms with Crippen molar-refractivity contribution in [2.45, 2.75) is 59.3 Å². The number of ether oxygens (including phenoxy) is 2. The van der Waals surface area contributed by atoms with E-state index >= 15 is 0 Å². The van der Waals surface area contributed by atoms with Crippen molar-refractivity contribution in [2.75, 3.05) is 6.79 Å². The van der Waals surface area contributed by atoms with Gasteiger partial charge in [-0.1, -0.05) is 44.2 Å². The van der Waals surface area contributed by atoms with Gasteiger partial charge in [0.2, 0.25) is 6.79 Å². The third-order valence-corrected chi connectivity index (χ3v) is 6.43. The summed E-state index contributed by atoms with van der Waals surface area (Å²) in [4.78, 5) is 18.5. The summed E-state index contributed by atoms with van der Waals surface area (Å²) in [5, 5.41) is 13.7. The first kappa shape index (κ1) is 24.0. The second kappa shape index (κ2) is 9.39. The minimum atomic E-state index is -0.284. The highest BCUT2D eigenvalue weighted by molar-refractivity contribution is 5.83. The molecular formula is C27H32N6O3. The lowest BCUT2D eigenvalue weighted by Gasteiger charge is -2.35. The number of hydrogen-bond donors (Lipinski definition) is 1. The number of nitrogens with zero attached hydrogens (tertiary/aromatic N) is 5. The van der Waals surface area contributed by atoms with Gasteiger partial charge in [0.1, 0.15) is 0 Å². The summed E-state index contributed by atoms with van der Waals surface area (Å²) in [5.41, 5.74) is 2.13. The summed E-state index contributed by atoms with van der Waals surface area (Å²) in [6.45, 7) is 11.8. The molecule has 0 radical (unpaired) electrons. The zero-order valence-electron chi connectivity index (χ0n) is 21.4. The summed E-state index contributed by atoms with van der Waals surface area (Å²) >= 11 is 0. The van der Waals surface area contributed by atoms with Crippen LogP contribution in [-0.4, -0.2) is 36.9 Å². The number of nitrogens with one attached hydrogen (secondary N) is 1. The van der Waals surface area contributed by atoms with Crippen molar-refractivity contribution in [3.8, 4) is 11.5 Å². The molecule has 1 aliphatic heterocycles. The number of benzene rings is 2. The van der Waals surface area contributed by atoms with Crippen LogP contribution < -0.4 is 15.0 Å². The zero-order chi connectivity index (χ0) is 25.4. The number of aromatic nitrogens is 5. The fraction of sp³-hybridized carbons (Fsp3) is 0.407. The highest BCUT2D eigenvalue weighted by Gasteiger charge is 2.33. The lowest BCUT2D eigenvalue weighted by Crippen LogP contribution is -2.37. The molecule has 3 heterocycles. The molecule has 0 amide bonds. The van der Waals surface area contributed by atoms with E-state index < -0.39 is 0 Å². The molecule has 188 valence electrons. The molecule has 9 nitrogen and oxygen atoms in total. The number of pyridine rings is 1. The highest BCUT2D eigenvalue weighted by atomic mass is 16.7. The minimum absolute atomic E-state index is 0.119. The van der Waals surface area contributed by atoms with Crippen LogP contribution in [0.4, 0.5) is 0 Å². The van der Waals surface area contributed by atoms with Gasteiger partial charge in [0.25, 0.3) is 5.56 Å². The molecule has 1 aliphatic rings. The van der Waals surface area contributed by atoms with Crippen molar-refractivity contribution in [3.05, 3.63) is 75.8 Å². The van der Waals surface area contributed by atoms with E-state index in [0.29, 0.717) is 30.2 Å². The van der Waals surface area contributed by atoms with Crippen molar-refractivity contribution in [1.29, 1.82) is 0 Å². The Kier molecular flexibility index (Phi) is 6.26. The van der Waals surface area contributed by atoms with Crippen LogP contribution in [0.25, 0.3) is 10.9 Å². The van der Waals surface area contributed by atoms with Gasteiger partial charge in [0.15, 0.2) is 17.3 Å². The maximum atomic E-state index is 13.2. The van der Waals surface area contributed by atoms with Gasteiger partial charge in [-0.2, -0.15) is 0 Å². The molecule has 1 unspecified atom stereocenters. The van der Waals surface area contributed by atoms with Gasteiger partial charge >= 0.3 is 0 Å². The third kappa shape index (κ3) is 4.70. The maximum absolute atomic E-state index is 13.2. The predicted molar refractivity (Wildman–Crippen MR) is 137 cm³/mol. The fourth-order valence-electron chi connectivity index (χ4n) is 4.79. The van der Waals surface area contributed by atoms with Crippen LogP contribution in [0.1, 0.15) is 57.6 Å². The molecule has 0 aliphatic carbocycles. The van der Waals surface area contributed by atoms with Crippen molar-refractivity contribution in [1.82, 2.24) is 30.1 Å². The van der Waals surface area contributed by atoms with E-state index in [1.807, 2.05) is 41.1 Å². The molecule has 9 heteroatoms. The summed E-state index contributed by atoms with van der Waals surface area (Å²) < 4.78 is 12.9. The fourth-order valence-corrected chi connectivity index (χ4v) is 4.79. The van der Waals surface area contributed by atoms with Crippen LogP contribution in [-0.2, 0) is 18.6 Å². The number of H-pyrrole nitrogens is 1. The average molecular weight is 489 g/mol. The van der Waals surface area contributed by atoms with Crippen molar-refractivity contribution >= 4 is 10.9 Å². The maximum Gasteiger partial charge on any atom is 0.252 e. The van der Waals surface area contributed by atoms with Gasteiger partial charge in [-0.05, 0) is 54.8 Å². The standard InChI is InChI=1S/C27H32N6O3/c1-17(2)24(25-29-30-31-33(25)27(3,4)5)32(14-18-9-7-6-8-10-18)15-20-11-19-12-22-23(36-16-35-22)13-21(19)28-26(20)34/h6-13,17,24H,14-16H2,1-5H3,(H,28,34). The summed E-state index contributed by atoms with van der Waals surface area (Å²) in [6.07, 6.45) is 0. The lowest BCUT2D eigenvalue weighted by atomic mass is 9.98. The van der Waals surface area contributed by atoms with E-state index in [0.717, 1.165) is 22.3 Å². The minimum Gasteiger partial charge on any atom is -0.454 e. The molecule has 0 saturated carbocycles. The Labute approximate surface area is 210 Å². The first-order chi connectivity index (χ1) is 17.2. The van der Waals surface area contributed by atoms with E-state index in [1.165, 1.54) is 0 Å². The van der Waals surface area contributed by atoms with Crippen molar-refractivity contribution in [3.63, 3.8) is 0 Å². The first-order valence-corrected chi connectivity index (χ1v) is 12.2. The summed E-state index contributed by atoms with van der Waals surface area (Å²) in [6, 6.07) is 15.8. The molecule has 4 aromatic rings. The Morgan fingerprint density at radius 3 is 2.47 bits per heavy atom. The van der Waals surface area contributed by atoms with Gasteiger partial charge in [0.05, 0.1) is 17.1 Å². The van der Waals surface area contributed by atoms with E-state index in [9.17, 15) is 4.79 Å². The van der Waals surface area contributed by atoms with Gasteiger partial charge in [0, 0.05) is 30.1 Å². The Balaban J connectivity index is 1.58. The van der Waals surface area contributed by atoms with Gasteiger partial charge < -0.3 is 14.5 Å². The average Bonchev–Trinajstić information content (AvgIpc) is 3.48. The van der Waals surface area contributed by atoms with Crippen LogP contribution in [0, 0.1) is 5.92 Å². The predicted octanol–water partition coefficient (Wildman–Crippen LogP) is 4.40. The topological polar surface area (TPSA) is 98.2 Å². The molecule has 2 aromatic heterocycles. The Morgan fingerprint density at radius 2 is 1.78 bits per heavy atom. The van der Waals surface area contributed by atoms with Gasteiger partial charge in [-0.15, -0.1) is 5.10 Å². The molecule has 5 rings (SSSR count). The quantitative estimate of drug-likeness (QED) is 0.412. The molecule has 0 spiro atoms. The van der Waals surface area contributed by atoms with Crippen LogP contribution in [0.2, 0.25) is 0 Å². The number of rotatable bonds is 7. The SMILES string of the molecule is CC(C)C(c1nnnn1C(C)(C)C)N(Cc1ccccc1)Cc1cc2cc3c(cc2[nH]c1=O)OCO3. The lowest BCUT2D eigenvalue weighted by molar-refractivity contribution is 0.120. The third-order valence-electron chi connectivity index (χ3n) is 6.43. The van der Waals surface area contributed by atoms with Crippen LogP contribution >= 0.6 is 0 Å². The zero-order valence-corrected chi connectivity index (χ0v) is 21.4. The van der Waals surface area contributed by atoms with E-state index in [-0.39, 0.29) is 29.9 Å². The monoisotopic (exact) mass is 488 g/mol. The number of tetrazole rings is 1. The molecule has 1 atom stereocenters. The van der Waals surface area contributed by atoms with Gasteiger partial charge in [-0.25, -0.2) is 4.68 Å². The second-order valence-corrected chi connectivity index (χ2v) is 10.6. The molecule has 0 fully saturated rings. The largest absolute Gasteiger partial charge is 0.454 e. The van der Waals surface area contributed by atoms with E-state index in [2.05, 4.69) is 72.2 Å². The molecule has 2 aromatic carbocycles. The normalized spacial score (nSPS) is 14.2. The molecular weight excluding hydrogens is 456 g/mol. The highest BCUT2D eigenvalue weighted by Crippen LogP contribution is 2.36. The second-order valence-electron chi connectivity index (χ2n) is 10.6. The van der Waals surface area contributed by atoms with Crippen LogP contribution in [0.3, 0.4) is 0 Å². The van der Waals surface area contributed by atoms with E-state index in [1.54, 1.807) is 0 Å². The number of fused-ring (bicyclic) bond motifs is 2. The van der Waals surface area contributed by atoms with Crippen LogP contribution in [0.15, 0.2) is 53.3 Å². The summed E-state index contributed by atoms with van der Waals surface area (Å²) in [7, 11) is 0. The Bertz CT molecular complexity index is 1420. The molecule has 1 N–H and O–H groups in total. The van der Waals surface area contributed by atoms with Gasteiger partial charge in [-0.3, -0.25) is 9.69 Å². The smallest absolute Gasteiger partial charge is 0.252 e. The Morgan fingerprint density at radius 1 is 1.06 bits per heavy atom. The van der Waals surface area contributed by atoms with Crippen LogP contribution in [0.5, 0.6) is 11.5 Å². The number of hydrogen-bond acceptors (Lipinski definition) is 7. The van der Waals surface area contributed by atoms with Crippen molar-refractivity contribution < 1.29 is 9.47 Å². The van der Waals surface area contributed by atoms with Crippen molar-refractivity contribution in [2.24, 2.45) is 5.92 Å². The molecule has 0 saturated heterocycles. The first-order valence-electron chi connectivity index (χ1n) is 12.2.